The Morgan fingerprint density at radius 3 is 2.44 bits per heavy atom. The second-order valence-corrected chi connectivity index (χ2v) is 7.01. The number of likely N-dealkylation sites (N-methyl/N-ethyl adjacent to an activating group) is 1. The first-order valence-electron chi connectivity index (χ1n) is 9.65. The van der Waals surface area contributed by atoms with E-state index in [0.717, 1.165) is 63.1 Å². The largest absolute Gasteiger partial charge is 0.493 e. The normalized spacial score (nSPS) is 17.4. The summed E-state index contributed by atoms with van der Waals surface area (Å²) in [6, 6.07) is 6.52. The lowest BCUT2D eigenvalue weighted by Gasteiger charge is -2.36. The zero-order chi connectivity index (χ0) is 19.6. The number of guanidine groups is 1. The van der Waals surface area contributed by atoms with Crippen molar-refractivity contribution in [2.45, 2.75) is 19.4 Å². The molecule has 0 bridgehead atoms. The maximum absolute atomic E-state index is 5.37. The molecule has 1 aromatic rings. The van der Waals surface area contributed by atoms with Crippen molar-refractivity contribution in [1.82, 2.24) is 20.4 Å². The van der Waals surface area contributed by atoms with E-state index in [1.54, 1.807) is 14.2 Å². The number of aliphatic imine (C=N–C) groups is 1. The number of benzene rings is 1. The minimum Gasteiger partial charge on any atom is -0.493 e. The second kappa shape index (κ2) is 11.0. The van der Waals surface area contributed by atoms with Crippen LogP contribution in [0.25, 0.3) is 0 Å². The van der Waals surface area contributed by atoms with Crippen LogP contribution in [0, 0.1) is 0 Å². The third-order valence-electron chi connectivity index (χ3n) is 5.10. The fourth-order valence-electron chi connectivity index (χ4n) is 3.22. The van der Waals surface area contributed by atoms with Crippen molar-refractivity contribution in [3.05, 3.63) is 23.8 Å². The van der Waals surface area contributed by atoms with Crippen molar-refractivity contribution in [1.29, 1.82) is 0 Å². The molecule has 0 aromatic heterocycles. The van der Waals surface area contributed by atoms with E-state index < -0.39 is 0 Å². The molecule has 2 N–H and O–H groups in total. The molecule has 1 aliphatic rings. The summed E-state index contributed by atoms with van der Waals surface area (Å²) in [7, 11) is 7.31. The van der Waals surface area contributed by atoms with E-state index in [4.69, 9.17) is 9.47 Å². The first-order valence-corrected chi connectivity index (χ1v) is 9.65. The molecular weight excluding hydrogens is 342 g/mol. The number of piperazine rings is 1. The Labute approximate surface area is 163 Å². The smallest absolute Gasteiger partial charge is 0.191 e. The Bertz CT molecular complexity index is 600. The number of nitrogens with zero attached hydrogens (tertiary/aromatic N) is 3. The minimum atomic E-state index is 0.489. The molecule has 7 heteroatoms. The first-order chi connectivity index (χ1) is 13.1. The van der Waals surface area contributed by atoms with Crippen LogP contribution in [0.5, 0.6) is 11.5 Å². The van der Waals surface area contributed by atoms with Gasteiger partial charge in [0.05, 0.1) is 14.2 Å². The van der Waals surface area contributed by atoms with Gasteiger partial charge in [-0.25, -0.2) is 0 Å². The Hall–Kier alpha value is -1.99. The monoisotopic (exact) mass is 377 g/mol. The summed E-state index contributed by atoms with van der Waals surface area (Å²) in [5.74, 6) is 2.36. The lowest BCUT2D eigenvalue weighted by atomic mass is 10.1. The molecule has 0 saturated carbocycles. The predicted molar refractivity (Wildman–Crippen MR) is 111 cm³/mol. The number of ether oxygens (including phenoxy) is 2. The molecule has 1 heterocycles. The van der Waals surface area contributed by atoms with Crippen LogP contribution >= 0.6 is 0 Å². The molecule has 1 unspecified atom stereocenters. The Morgan fingerprint density at radius 2 is 1.81 bits per heavy atom. The van der Waals surface area contributed by atoms with Gasteiger partial charge in [0.25, 0.3) is 0 Å². The van der Waals surface area contributed by atoms with E-state index in [0.29, 0.717) is 6.04 Å². The van der Waals surface area contributed by atoms with Gasteiger partial charge < -0.3 is 25.0 Å². The van der Waals surface area contributed by atoms with E-state index in [1.807, 2.05) is 19.2 Å². The average Bonchev–Trinajstić information content (AvgIpc) is 2.70. The highest BCUT2D eigenvalue weighted by Gasteiger charge is 2.19. The topological polar surface area (TPSA) is 61.4 Å². The number of hydrogen-bond donors (Lipinski definition) is 2. The van der Waals surface area contributed by atoms with Gasteiger partial charge in [0.2, 0.25) is 0 Å². The van der Waals surface area contributed by atoms with Crippen molar-refractivity contribution in [2.24, 2.45) is 4.99 Å². The SMILES string of the molecule is CN=C(NCCc1ccc(OC)c(OC)c1)NCC(C)N1CCN(C)CC1. The summed E-state index contributed by atoms with van der Waals surface area (Å²) in [6.07, 6.45) is 0.884. The highest BCUT2D eigenvalue weighted by atomic mass is 16.5. The molecule has 27 heavy (non-hydrogen) atoms. The van der Waals surface area contributed by atoms with Gasteiger partial charge in [0, 0.05) is 52.4 Å². The maximum Gasteiger partial charge on any atom is 0.191 e. The molecule has 0 aliphatic carbocycles. The Kier molecular flexibility index (Phi) is 8.67. The van der Waals surface area contributed by atoms with Crippen molar-refractivity contribution in [2.75, 3.05) is 67.6 Å². The van der Waals surface area contributed by atoms with E-state index >= 15 is 0 Å². The number of methoxy groups -OCH3 is 2. The maximum atomic E-state index is 5.37. The van der Waals surface area contributed by atoms with Crippen LogP contribution in [-0.4, -0.2) is 89.4 Å². The van der Waals surface area contributed by atoms with Crippen molar-refractivity contribution >= 4 is 5.96 Å². The third-order valence-corrected chi connectivity index (χ3v) is 5.10. The number of rotatable bonds is 8. The van der Waals surface area contributed by atoms with Gasteiger partial charge in [0.1, 0.15) is 0 Å². The quantitative estimate of drug-likeness (QED) is 0.522. The third kappa shape index (κ3) is 6.59. The van der Waals surface area contributed by atoms with Crippen molar-refractivity contribution in [3.8, 4) is 11.5 Å². The predicted octanol–water partition coefficient (Wildman–Crippen LogP) is 1.05. The molecule has 2 rings (SSSR count). The lowest BCUT2D eigenvalue weighted by Crippen LogP contribution is -2.52. The number of hydrogen-bond acceptors (Lipinski definition) is 5. The summed E-state index contributed by atoms with van der Waals surface area (Å²) in [5, 5.41) is 6.83. The summed E-state index contributed by atoms with van der Waals surface area (Å²) >= 11 is 0. The van der Waals surface area contributed by atoms with Crippen LogP contribution in [0.1, 0.15) is 12.5 Å². The van der Waals surface area contributed by atoms with Gasteiger partial charge in [-0.05, 0) is 38.1 Å². The molecule has 1 saturated heterocycles. The summed E-state index contributed by atoms with van der Waals surface area (Å²) in [4.78, 5) is 9.24. The summed E-state index contributed by atoms with van der Waals surface area (Å²) in [6.45, 7) is 8.51. The Morgan fingerprint density at radius 1 is 1.11 bits per heavy atom. The summed E-state index contributed by atoms with van der Waals surface area (Å²) < 4.78 is 10.7. The first kappa shape index (κ1) is 21.3. The van der Waals surface area contributed by atoms with Gasteiger partial charge >= 0.3 is 0 Å². The zero-order valence-corrected chi connectivity index (χ0v) is 17.4. The fourth-order valence-corrected chi connectivity index (χ4v) is 3.22. The van der Waals surface area contributed by atoms with E-state index in [-0.39, 0.29) is 0 Å². The average molecular weight is 378 g/mol. The van der Waals surface area contributed by atoms with Crippen LogP contribution in [0.3, 0.4) is 0 Å². The van der Waals surface area contributed by atoms with Crippen LogP contribution < -0.4 is 20.1 Å². The van der Waals surface area contributed by atoms with Crippen LogP contribution in [0.4, 0.5) is 0 Å². The van der Waals surface area contributed by atoms with Crippen LogP contribution in [0.15, 0.2) is 23.2 Å². The molecule has 1 aromatic carbocycles. The molecule has 7 nitrogen and oxygen atoms in total. The fraction of sp³-hybridized carbons (Fsp3) is 0.650. The lowest BCUT2D eigenvalue weighted by molar-refractivity contribution is 0.120. The van der Waals surface area contributed by atoms with E-state index in [2.05, 4.69) is 45.5 Å². The zero-order valence-electron chi connectivity index (χ0n) is 17.4. The van der Waals surface area contributed by atoms with Gasteiger partial charge in [-0.15, -0.1) is 0 Å². The van der Waals surface area contributed by atoms with Gasteiger partial charge in [-0.3, -0.25) is 9.89 Å². The van der Waals surface area contributed by atoms with Gasteiger partial charge in [-0.2, -0.15) is 0 Å². The van der Waals surface area contributed by atoms with Crippen LogP contribution in [-0.2, 0) is 6.42 Å². The van der Waals surface area contributed by atoms with E-state index in [1.165, 1.54) is 5.56 Å². The van der Waals surface area contributed by atoms with Gasteiger partial charge in [-0.1, -0.05) is 6.07 Å². The highest BCUT2D eigenvalue weighted by molar-refractivity contribution is 5.79. The molecule has 152 valence electrons. The molecule has 0 spiro atoms. The minimum absolute atomic E-state index is 0.489. The molecule has 1 atom stereocenters. The molecular formula is C20H35N5O2. The van der Waals surface area contributed by atoms with E-state index in [9.17, 15) is 0 Å². The van der Waals surface area contributed by atoms with Crippen molar-refractivity contribution in [3.63, 3.8) is 0 Å². The molecule has 1 fully saturated rings. The van der Waals surface area contributed by atoms with Gasteiger partial charge in [0.15, 0.2) is 17.5 Å². The molecule has 0 radical (unpaired) electrons. The Balaban J connectivity index is 1.74. The van der Waals surface area contributed by atoms with Crippen LogP contribution in [0.2, 0.25) is 0 Å². The summed E-state index contributed by atoms with van der Waals surface area (Å²) in [5.41, 5.74) is 1.20. The molecule has 0 amide bonds. The molecule has 1 aliphatic heterocycles. The second-order valence-electron chi connectivity index (χ2n) is 7.01. The highest BCUT2D eigenvalue weighted by Crippen LogP contribution is 2.27. The number of nitrogens with one attached hydrogen (secondary N) is 2. The van der Waals surface area contributed by atoms with Crippen molar-refractivity contribution < 1.29 is 9.47 Å². The standard InChI is InChI=1S/C20H35N5O2/c1-16(25-12-10-24(3)11-13-25)15-23-20(21-2)22-9-8-17-6-7-18(26-4)19(14-17)27-5/h6-7,14,16H,8-13,15H2,1-5H3,(H2,21,22,23).